The highest BCUT2D eigenvalue weighted by Gasteiger charge is 2.02. The van der Waals surface area contributed by atoms with Gasteiger partial charge in [0.25, 0.3) is 0 Å². The van der Waals surface area contributed by atoms with E-state index in [1.54, 1.807) is 0 Å². The van der Waals surface area contributed by atoms with Gasteiger partial charge in [-0.15, -0.1) is 0 Å². The summed E-state index contributed by atoms with van der Waals surface area (Å²) in [6.45, 7) is 3.13. The Balaban J connectivity index is -0.0000000680. The molecule has 0 aromatic heterocycles. The van der Waals surface area contributed by atoms with Gasteiger partial charge >= 0.3 is 46.9 Å². The summed E-state index contributed by atoms with van der Waals surface area (Å²) in [6, 6.07) is 0. The minimum atomic E-state index is -4.64. The van der Waals surface area contributed by atoms with Crippen molar-refractivity contribution in [2.24, 2.45) is 5.73 Å². The summed E-state index contributed by atoms with van der Waals surface area (Å²) in [5, 5.41) is 0. The van der Waals surface area contributed by atoms with E-state index in [4.69, 9.17) is 121 Å². The van der Waals surface area contributed by atoms with E-state index in [1.807, 2.05) is 0 Å². The Morgan fingerprint density at radius 3 is 0.585 bits per heavy atom. The maximum atomic E-state index is 8.88. The number of phosphoric acid groups is 6. The van der Waals surface area contributed by atoms with Crippen molar-refractivity contribution in [3.8, 4) is 0 Å². The molecule has 31 heteroatoms. The van der Waals surface area contributed by atoms with Crippen LogP contribution >= 0.6 is 46.9 Å². The average molecular weight is 745 g/mol. The Kier molecular flexibility index (Phi) is 42.8. The average Bonchev–Trinajstić information content (AvgIpc) is 2.52. The fourth-order valence-electron chi connectivity index (χ4n) is 1.28. The second-order valence-electron chi connectivity index (χ2n) is 6.34. The molecule has 0 saturated heterocycles. The maximum Gasteiger partial charge on any atom is 0.466 e. The molecular weight excluding hydrogens is 704 g/mol. The zero-order chi connectivity index (χ0) is 35.4. The van der Waals surface area contributed by atoms with Gasteiger partial charge in [-0.25, -0.2) is 27.4 Å². The molecule has 20 N–H and O–H groups in total. The van der Waals surface area contributed by atoms with Crippen molar-refractivity contribution >= 4 is 46.9 Å². The minimum absolute atomic E-state index is 0.870. The molecule has 0 saturated carbocycles. The molecule has 0 aromatic carbocycles. The lowest BCUT2D eigenvalue weighted by molar-refractivity contribution is 0.272. The van der Waals surface area contributed by atoms with Gasteiger partial charge in [0.05, 0.1) is 0 Å². The van der Waals surface area contributed by atoms with Crippen molar-refractivity contribution in [3.05, 3.63) is 0 Å². The molecular formula is C10H41NO24P6. The third-order valence-electron chi connectivity index (χ3n) is 2.06. The van der Waals surface area contributed by atoms with E-state index in [9.17, 15) is 0 Å². The summed E-state index contributed by atoms with van der Waals surface area (Å²) in [5.74, 6) is 0. The van der Waals surface area contributed by atoms with Gasteiger partial charge in [0.1, 0.15) is 0 Å². The molecule has 0 spiro atoms. The SMILES string of the molecule is CCCCCCCCCCN.O=P(O)(O)O.O=P(O)(O)O.O=P(O)(O)O.O=P(O)(O)O.O=P(O)(O)O.O=P(O)(O)O. The monoisotopic (exact) mass is 745 g/mol. The van der Waals surface area contributed by atoms with Crippen LogP contribution in [0.2, 0.25) is 0 Å². The lowest BCUT2D eigenvalue weighted by Crippen LogP contribution is -1.97. The Morgan fingerprint density at radius 1 is 0.341 bits per heavy atom. The molecule has 0 heterocycles. The van der Waals surface area contributed by atoms with Crippen LogP contribution in [-0.4, -0.2) is 94.6 Å². The predicted octanol–water partition coefficient (Wildman–Crippen LogP) is -2.49. The van der Waals surface area contributed by atoms with E-state index >= 15 is 0 Å². The number of hydrogen-bond donors (Lipinski definition) is 19. The third-order valence-corrected chi connectivity index (χ3v) is 2.06. The first-order valence-electron chi connectivity index (χ1n) is 9.81. The fraction of sp³-hybridized carbons (Fsp3) is 1.00. The molecule has 0 bridgehead atoms. The second-order valence-corrected chi connectivity index (χ2v) is 12.5. The normalized spacial score (nSPS) is 11.4. The van der Waals surface area contributed by atoms with Crippen molar-refractivity contribution < 1.29 is 115 Å². The maximum absolute atomic E-state index is 8.88. The first kappa shape index (κ1) is 57.3. The summed E-state index contributed by atoms with van der Waals surface area (Å²) in [4.78, 5) is 129. The molecule has 0 amide bonds. The van der Waals surface area contributed by atoms with Crippen molar-refractivity contribution in [1.29, 1.82) is 0 Å². The van der Waals surface area contributed by atoms with Gasteiger partial charge in [-0.2, -0.15) is 0 Å². The summed E-state index contributed by atoms with van der Waals surface area (Å²) < 4.78 is 53.3. The molecule has 260 valence electrons. The van der Waals surface area contributed by atoms with Gasteiger partial charge in [0.2, 0.25) is 0 Å². The molecule has 0 aromatic rings. The van der Waals surface area contributed by atoms with Crippen molar-refractivity contribution in [1.82, 2.24) is 0 Å². The van der Waals surface area contributed by atoms with Crippen LogP contribution in [0.15, 0.2) is 0 Å². The van der Waals surface area contributed by atoms with Crippen molar-refractivity contribution in [3.63, 3.8) is 0 Å². The Bertz CT molecular complexity index is 619. The molecule has 0 atom stereocenters. The van der Waals surface area contributed by atoms with Crippen molar-refractivity contribution in [2.75, 3.05) is 6.54 Å². The van der Waals surface area contributed by atoms with Gasteiger partial charge in [-0.05, 0) is 13.0 Å². The van der Waals surface area contributed by atoms with Gasteiger partial charge in [0, 0.05) is 0 Å². The Hall–Kier alpha value is 0.620. The minimum Gasteiger partial charge on any atom is -0.330 e. The lowest BCUT2D eigenvalue weighted by atomic mass is 10.1. The van der Waals surface area contributed by atoms with Gasteiger partial charge in [-0.3, -0.25) is 0 Å². The number of hydrogen-bond acceptors (Lipinski definition) is 7. The zero-order valence-electron chi connectivity index (χ0n) is 21.1. The summed E-state index contributed by atoms with van der Waals surface area (Å²) in [7, 11) is -27.8. The van der Waals surface area contributed by atoms with E-state index < -0.39 is 46.9 Å². The first-order valence-corrected chi connectivity index (χ1v) is 19.2. The molecule has 0 aliphatic heterocycles. The topological polar surface area (TPSA) is 493 Å². The molecule has 0 aliphatic carbocycles. The summed E-state index contributed by atoms with van der Waals surface area (Å²) in [5.41, 5.74) is 5.39. The van der Waals surface area contributed by atoms with Crippen LogP contribution in [0.3, 0.4) is 0 Å². The van der Waals surface area contributed by atoms with Crippen LogP contribution in [-0.2, 0) is 27.4 Å². The fourth-order valence-corrected chi connectivity index (χ4v) is 1.28. The van der Waals surface area contributed by atoms with Crippen LogP contribution in [0.25, 0.3) is 0 Å². The standard InChI is InChI=1S/C10H23N.6H3O4P/c1-2-3-4-5-6-7-8-9-10-11;6*1-5(2,3)4/h2-11H2,1H3;6*(H3,1,2,3,4). The van der Waals surface area contributed by atoms with E-state index in [0.29, 0.717) is 0 Å². The van der Waals surface area contributed by atoms with Crippen LogP contribution in [0.5, 0.6) is 0 Å². The Morgan fingerprint density at radius 2 is 0.463 bits per heavy atom. The predicted molar refractivity (Wildman–Crippen MR) is 137 cm³/mol. The van der Waals surface area contributed by atoms with Crippen LogP contribution < -0.4 is 5.73 Å². The molecule has 0 radical (unpaired) electrons. The van der Waals surface area contributed by atoms with Crippen LogP contribution in [0, 0.1) is 0 Å². The van der Waals surface area contributed by atoms with E-state index in [2.05, 4.69) is 6.92 Å². The van der Waals surface area contributed by atoms with E-state index in [1.165, 1.54) is 51.4 Å². The second kappa shape index (κ2) is 30.6. The van der Waals surface area contributed by atoms with Crippen molar-refractivity contribution in [2.45, 2.75) is 58.3 Å². The number of unbranched alkanes of at least 4 members (excludes halogenated alkanes) is 7. The van der Waals surface area contributed by atoms with E-state index in [0.717, 1.165) is 6.54 Å². The zero-order valence-corrected chi connectivity index (χ0v) is 26.5. The highest BCUT2D eigenvalue weighted by atomic mass is 31.2. The molecule has 0 rings (SSSR count). The van der Waals surface area contributed by atoms with Crippen LogP contribution in [0.4, 0.5) is 0 Å². The highest BCUT2D eigenvalue weighted by molar-refractivity contribution is 7.46. The summed E-state index contributed by atoms with van der Waals surface area (Å²) >= 11 is 0. The lowest BCUT2D eigenvalue weighted by Gasteiger charge is -1.99. The van der Waals surface area contributed by atoms with E-state index in [-0.39, 0.29) is 0 Å². The number of rotatable bonds is 8. The first-order chi connectivity index (χ1) is 17.4. The molecule has 0 unspecified atom stereocenters. The van der Waals surface area contributed by atoms with Crippen LogP contribution in [0.1, 0.15) is 58.3 Å². The van der Waals surface area contributed by atoms with Gasteiger partial charge in [0.15, 0.2) is 0 Å². The Labute approximate surface area is 233 Å². The molecule has 41 heavy (non-hydrogen) atoms. The quantitative estimate of drug-likeness (QED) is 0.0902. The highest BCUT2D eigenvalue weighted by Crippen LogP contribution is 2.27. The summed E-state index contributed by atoms with van der Waals surface area (Å²) in [6.07, 6.45) is 11.0. The smallest absolute Gasteiger partial charge is 0.330 e. The number of nitrogens with two attached hydrogens (primary N) is 1. The molecule has 0 fully saturated rings. The van der Waals surface area contributed by atoms with Gasteiger partial charge < -0.3 is 93.8 Å². The molecule has 25 nitrogen and oxygen atoms in total. The third kappa shape index (κ3) is 815. The largest absolute Gasteiger partial charge is 0.466 e. The van der Waals surface area contributed by atoms with Gasteiger partial charge in [-0.1, -0.05) is 51.9 Å². The molecule has 0 aliphatic rings.